The Kier molecular flexibility index (Phi) is 7.12. The summed E-state index contributed by atoms with van der Waals surface area (Å²) in [7, 11) is -3.43. The van der Waals surface area contributed by atoms with Gasteiger partial charge in [-0.05, 0) is 74.5 Å². The summed E-state index contributed by atoms with van der Waals surface area (Å²) >= 11 is 0. The molecule has 0 saturated carbocycles. The summed E-state index contributed by atoms with van der Waals surface area (Å²) in [5.74, 6) is 1.06. The number of sulfone groups is 1. The first-order valence-electron chi connectivity index (χ1n) is 11.6. The van der Waals surface area contributed by atoms with Crippen LogP contribution in [0.25, 0.3) is 11.0 Å². The Bertz CT molecular complexity index is 1210. The average Bonchev–Trinajstić information content (AvgIpc) is 3.26. The van der Waals surface area contributed by atoms with Crippen molar-refractivity contribution in [3.05, 3.63) is 59.2 Å². The highest BCUT2D eigenvalue weighted by atomic mass is 32.2. The van der Waals surface area contributed by atoms with Crippen LogP contribution in [0, 0.1) is 13.8 Å². The molecule has 4 rings (SSSR count). The maximum Gasteiger partial charge on any atom is 0.219 e. The fourth-order valence-corrected chi connectivity index (χ4v) is 5.24. The van der Waals surface area contributed by atoms with E-state index in [1.54, 1.807) is 25.1 Å². The number of nitrogens with zero attached hydrogens (tertiary/aromatic N) is 1. The van der Waals surface area contributed by atoms with Gasteiger partial charge in [-0.2, -0.15) is 0 Å². The highest BCUT2D eigenvalue weighted by Crippen LogP contribution is 2.32. The lowest BCUT2D eigenvalue weighted by Gasteiger charge is -2.33. The van der Waals surface area contributed by atoms with E-state index in [4.69, 9.17) is 9.15 Å². The third kappa shape index (κ3) is 5.42. The summed E-state index contributed by atoms with van der Waals surface area (Å²) in [6.45, 7) is 8.48. The number of ether oxygens (including phenoxy) is 1. The third-order valence-electron chi connectivity index (χ3n) is 6.68. The number of likely N-dealkylation sites (tertiary alicyclic amines) is 1. The molecule has 0 amide bonds. The molecule has 0 radical (unpaired) electrons. The van der Waals surface area contributed by atoms with Gasteiger partial charge >= 0.3 is 0 Å². The Labute approximate surface area is 196 Å². The molecule has 7 heteroatoms. The van der Waals surface area contributed by atoms with Crippen molar-refractivity contribution in [3.63, 3.8) is 0 Å². The summed E-state index contributed by atoms with van der Waals surface area (Å²) in [4.78, 5) is 2.29. The van der Waals surface area contributed by atoms with Crippen molar-refractivity contribution in [1.29, 1.82) is 0 Å². The lowest BCUT2D eigenvalue weighted by Crippen LogP contribution is -2.40. The van der Waals surface area contributed by atoms with Crippen molar-refractivity contribution in [2.45, 2.75) is 50.7 Å². The van der Waals surface area contributed by atoms with Gasteiger partial charge in [0.25, 0.3) is 0 Å². The molecule has 178 valence electrons. The first-order chi connectivity index (χ1) is 15.8. The molecule has 33 heavy (non-hydrogen) atoms. The van der Waals surface area contributed by atoms with Crippen molar-refractivity contribution in [3.8, 4) is 5.75 Å². The van der Waals surface area contributed by atoms with Crippen LogP contribution in [0.15, 0.2) is 52.0 Å². The van der Waals surface area contributed by atoms with Gasteiger partial charge in [-0.15, -0.1) is 0 Å². The molecule has 1 N–H and O–H groups in total. The smallest absolute Gasteiger partial charge is 0.219 e. The summed E-state index contributed by atoms with van der Waals surface area (Å²) < 4.78 is 35.6. The Hall–Kier alpha value is -2.35. The fourth-order valence-electron chi connectivity index (χ4n) is 4.44. The van der Waals surface area contributed by atoms with Crippen molar-refractivity contribution in [1.82, 2.24) is 4.90 Å². The van der Waals surface area contributed by atoms with E-state index in [-0.39, 0.29) is 17.5 Å². The molecule has 1 fully saturated rings. The zero-order valence-electron chi connectivity index (χ0n) is 19.6. The maximum absolute atomic E-state index is 12.1. The van der Waals surface area contributed by atoms with Crippen LogP contribution in [0.3, 0.4) is 0 Å². The Balaban J connectivity index is 1.31. The summed E-state index contributed by atoms with van der Waals surface area (Å²) in [6.07, 6.45) is 1.53. The van der Waals surface area contributed by atoms with Crippen LogP contribution < -0.4 is 4.74 Å². The van der Waals surface area contributed by atoms with Crippen LogP contribution >= 0.6 is 0 Å². The van der Waals surface area contributed by atoms with Gasteiger partial charge in [0.1, 0.15) is 24.0 Å². The second-order valence-corrected chi connectivity index (χ2v) is 11.2. The van der Waals surface area contributed by atoms with Gasteiger partial charge in [-0.1, -0.05) is 31.2 Å². The standard InChI is InChI=1S/C26H33NO5S/c1-4-33(29,30)26-15-23-24(6-5-7-25(23)32-26)31-17-22(28)16-27-12-10-20(11-13-27)21-9-8-18(2)19(3)14-21/h5-9,14-15,20,22,28H,4,10-13,16-17H2,1-3H3/t22-/m0/s1. The summed E-state index contributed by atoms with van der Waals surface area (Å²) in [6, 6.07) is 13.5. The van der Waals surface area contributed by atoms with Gasteiger partial charge in [0.2, 0.25) is 14.9 Å². The first kappa shape index (κ1) is 23.8. The molecule has 0 spiro atoms. The van der Waals surface area contributed by atoms with E-state index < -0.39 is 15.9 Å². The predicted octanol–water partition coefficient (Wildman–Crippen LogP) is 4.46. The number of piperidine rings is 1. The topological polar surface area (TPSA) is 80.0 Å². The van der Waals surface area contributed by atoms with Gasteiger partial charge in [0, 0.05) is 12.6 Å². The number of furan rings is 1. The van der Waals surface area contributed by atoms with E-state index in [9.17, 15) is 13.5 Å². The van der Waals surface area contributed by atoms with E-state index in [0.717, 1.165) is 25.9 Å². The average molecular weight is 472 g/mol. The molecular formula is C26H33NO5S. The minimum absolute atomic E-state index is 0.0259. The number of hydrogen-bond acceptors (Lipinski definition) is 6. The van der Waals surface area contributed by atoms with Crippen LogP contribution in [0.5, 0.6) is 5.75 Å². The van der Waals surface area contributed by atoms with Crippen LogP contribution in [0.4, 0.5) is 0 Å². The molecule has 1 aliphatic rings. The first-order valence-corrected chi connectivity index (χ1v) is 13.3. The third-order valence-corrected chi connectivity index (χ3v) is 8.25. The molecule has 1 aromatic heterocycles. The molecule has 1 aliphatic heterocycles. The minimum atomic E-state index is -3.43. The molecule has 1 atom stereocenters. The molecule has 0 unspecified atom stereocenters. The number of aryl methyl sites for hydroxylation is 2. The molecule has 6 nitrogen and oxygen atoms in total. The maximum atomic E-state index is 12.1. The lowest BCUT2D eigenvalue weighted by atomic mass is 9.88. The van der Waals surface area contributed by atoms with Gasteiger partial charge < -0.3 is 19.2 Å². The SMILES string of the molecule is CCS(=O)(=O)c1cc2c(OC[C@@H](O)CN3CCC(c4ccc(C)c(C)c4)CC3)cccc2o1. The zero-order chi connectivity index (χ0) is 23.6. The Morgan fingerprint density at radius 3 is 2.58 bits per heavy atom. The number of rotatable bonds is 8. The van der Waals surface area contributed by atoms with E-state index in [1.807, 2.05) is 0 Å². The van der Waals surface area contributed by atoms with Crippen LogP contribution in [0.1, 0.15) is 42.4 Å². The molecular weight excluding hydrogens is 438 g/mol. The molecule has 1 saturated heterocycles. The van der Waals surface area contributed by atoms with E-state index in [1.165, 1.54) is 22.8 Å². The predicted molar refractivity (Wildman–Crippen MR) is 130 cm³/mol. The van der Waals surface area contributed by atoms with Gasteiger partial charge in [0.05, 0.1) is 11.1 Å². The second kappa shape index (κ2) is 9.87. The quantitative estimate of drug-likeness (QED) is 0.522. The van der Waals surface area contributed by atoms with Crippen molar-refractivity contribution in [2.75, 3.05) is 32.0 Å². The minimum Gasteiger partial charge on any atom is -0.490 e. The molecule has 0 bridgehead atoms. The van der Waals surface area contributed by atoms with E-state index in [0.29, 0.717) is 29.2 Å². The normalized spacial score (nSPS) is 16.8. The lowest BCUT2D eigenvalue weighted by molar-refractivity contribution is 0.0599. The Morgan fingerprint density at radius 2 is 1.88 bits per heavy atom. The van der Waals surface area contributed by atoms with Crippen LogP contribution in [-0.4, -0.2) is 56.5 Å². The number of aliphatic hydroxyl groups is 1. The summed E-state index contributed by atoms with van der Waals surface area (Å²) in [5.41, 5.74) is 4.55. The van der Waals surface area contributed by atoms with E-state index in [2.05, 4.69) is 36.9 Å². The van der Waals surface area contributed by atoms with E-state index >= 15 is 0 Å². The van der Waals surface area contributed by atoms with Crippen LogP contribution in [-0.2, 0) is 9.84 Å². The number of hydrogen-bond donors (Lipinski definition) is 1. The molecule has 2 aromatic carbocycles. The van der Waals surface area contributed by atoms with Gasteiger partial charge in [-0.25, -0.2) is 8.42 Å². The zero-order valence-corrected chi connectivity index (χ0v) is 20.4. The highest BCUT2D eigenvalue weighted by Gasteiger charge is 2.23. The molecule has 3 aromatic rings. The number of benzene rings is 2. The monoisotopic (exact) mass is 471 g/mol. The van der Waals surface area contributed by atoms with Crippen molar-refractivity contribution < 1.29 is 22.7 Å². The number of aliphatic hydroxyl groups excluding tert-OH is 1. The molecule has 2 heterocycles. The van der Waals surface area contributed by atoms with Gasteiger partial charge in [-0.3, -0.25) is 0 Å². The highest BCUT2D eigenvalue weighted by molar-refractivity contribution is 7.91. The largest absolute Gasteiger partial charge is 0.490 e. The second-order valence-electron chi connectivity index (χ2n) is 9.02. The number of β-amino-alcohol motifs (C(OH)–C–C–N with tert-alkyl or cyclic N) is 1. The number of fused-ring (bicyclic) bond motifs is 1. The fraction of sp³-hybridized carbons (Fsp3) is 0.462. The Morgan fingerprint density at radius 1 is 1.12 bits per heavy atom. The van der Waals surface area contributed by atoms with Crippen molar-refractivity contribution in [2.24, 2.45) is 0 Å². The van der Waals surface area contributed by atoms with Crippen LogP contribution in [0.2, 0.25) is 0 Å². The van der Waals surface area contributed by atoms with Crippen molar-refractivity contribution >= 4 is 20.8 Å². The molecule has 0 aliphatic carbocycles. The summed E-state index contributed by atoms with van der Waals surface area (Å²) in [5, 5.41) is 11.1. The van der Waals surface area contributed by atoms with Gasteiger partial charge in [0.15, 0.2) is 0 Å².